The second-order valence-corrected chi connectivity index (χ2v) is 7.94. The number of hydrogen-bond donors (Lipinski definition) is 2. The molecule has 28 heavy (non-hydrogen) atoms. The van der Waals surface area contributed by atoms with Crippen molar-refractivity contribution in [2.45, 2.75) is 18.7 Å². The van der Waals surface area contributed by atoms with Crippen LogP contribution in [0, 0.1) is 13.8 Å². The van der Waals surface area contributed by atoms with Crippen LogP contribution in [0.1, 0.15) is 11.1 Å². The van der Waals surface area contributed by atoms with E-state index in [4.69, 9.17) is 9.84 Å². The zero-order valence-corrected chi connectivity index (χ0v) is 16.4. The summed E-state index contributed by atoms with van der Waals surface area (Å²) < 4.78 is 33.7. The summed E-state index contributed by atoms with van der Waals surface area (Å²) in [5, 5.41) is 9.07. The van der Waals surface area contributed by atoms with Gasteiger partial charge in [-0.25, -0.2) is 18.4 Å². The summed E-state index contributed by atoms with van der Waals surface area (Å²) in [5.74, 6) is 0.293. The van der Waals surface area contributed by atoms with E-state index in [9.17, 15) is 8.42 Å². The molecule has 0 saturated heterocycles. The Kier molecular flexibility index (Phi) is 5.91. The third-order valence-electron chi connectivity index (χ3n) is 4.05. The van der Waals surface area contributed by atoms with E-state index in [1.54, 1.807) is 12.1 Å². The maximum atomic E-state index is 12.8. The zero-order valence-electron chi connectivity index (χ0n) is 15.6. The normalized spacial score (nSPS) is 11.2. The first-order chi connectivity index (χ1) is 13.4. The first kappa shape index (κ1) is 19.8. The minimum Gasteiger partial charge on any atom is -0.475 e. The Hall–Kier alpha value is -2.97. The first-order valence-corrected chi connectivity index (χ1v) is 10.1. The van der Waals surface area contributed by atoms with Gasteiger partial charge < -0.3 is 9.84 Å². The number of benzene rings is 2. The Balaban J connectivity index is 2.07. The number of aromatic nitrogens is 2. The molecular formula is C20H21N3O4S. The summed E-state index contributed by atoms with van der Waals surface area (Å²) in [6, 6.07) is 14.0. The maximum Gasteiger partial charge on any atom is 0.263 e. The SMILES string of the molecule is Cc1ccc(-c2c(NS(=O)(=O)c3ccc(C)cc3)ncnc2OCCO)cc1. The van der Waals surface area contributed by atoms with Gasteiger partial charge in [-0.05, 0) is 31.5 Å². The topological polar surface area (TPSA) is 101 Å². The summed E-state index contributed by atoms with van der Waals surface area (Å²) in [6.45, 7) is 3.67. The smallest absolute Gasteiger partial charge is 0.263 e. The van der Waals surface area contributed by atoms with Crippen LogP contribution in [0.2, 0.25) is 0 Å². The van der Waals surface area contributed by atoms with E-state index in [2.05, 4.69) is 14.7 Å². The highest BCUT2D eigenvalue weighted by atomic mass is 32.2. The van der Waals surface area contributed by atoms with Crippen LogP contribution in [0.4, 0.5) is 5.82 Å². The van der Waals surface area contributed by atoms with Gasteiger partial charge >= 0.3 is 0 Å². The number of anilines is 1. The highest BCUT2D eigenvalue weighted by molar-refractivity contribution is 7.92. The van der Waals surface area contributed by atoms with Crippen LogP contribution >= 0.6 is 0 Å². The van der Waals surface area contributed by atoms with Crippen molar-refractivity contribution in [1.82, 2.24) is 9.97 Å². The van der Waals surface area contributed by atoms with Gasteiger partial charge in [-0.1, -0.05) is 47.5 Å². The van der Waals surface area contributed by atoms with E-state index >= 15 is 0 Å². The van der Waals surface area contributed by atoms with Crippen molar-refractivity contribution >= 4 is 15.8 Å². The number of rotatable bonds is 7. The second-order valence-electron chi connectivity index (χ2n) is 6.26. The minimum atomic E-state index is -3.85. The molecule has 0 atom stereocenters. The lowest BCUT2D eigenvalue weighted by Crippen LogP contribution is -2.16. The third-order valence-corrected chi connectivity index (χ3v) is 5.40. The number of ether oxygens (including phenoxy) is 1. The van der Waals surface area contributed by atoms with Gasteiger partial charge in [0.25, 0.3) is 10.0 Å². The Morgan fingerprint density at radius 2 is 1.57 bits per heavy atom. The highest BCUT2D eigenvalue weighted by Crippen LogP contribution is 2.35. The zero-order chi connectivity index (χ0) is 20.1. The van der Waals surface area contributed by atoms with Gasteiger partial charge in [0.05, 0.1) is 17.1 Å². The number of nitrogens with zero attached hydrogens (tertiary/aromatic N) is 2. The molecule has 0 aliphatic rings. The molecule has 0 fully saturated rings. The molecule has 0 radical (unpaired) electrons. The lowest BCUT2D eigenvalue weighted by molar-refractivity contribution is 0.197. The van der Waals surface area contributed by atoms with E-state index in [0.717, 1.165) is 11.1 Å². The molecule has 3 aromatic rings. The number of sulfonamides is 1. The molecule has 1 aromatic heterocycles. The van der Waals surface area contributed by atoms with Crippen LogP contribution in [0.5, 0.6) is 5.88 Å². The van der Waals surface area contributed by atoms with Crippen LogP contribution in [0.3, 0.4) is 0 Å². The largest absolute Gasteiger partial charge is 0.475 e. The number of hydrogen-bond acceptors (Lipinski definition) is 6. The molecule has 0 aliphatic carbocycles. The summed E-state index contributed by atoms with van der Waals surface area (Å²) in [5.41, 5.74) is 3.12. The van der Waals surface area contributed by atoms with Gasteiger partial charge in [0.15, 0.2) is 5.82 Å². The van der Waals surface area contributed by atoms with Crippen LogP contribution in [-0.4, -0.2) is 36.7 Å². The van der Waals surface area contributed by atoms with E-state index in [1.165, 1.54) is 18.5 Å². The average Bonchev–Trinajstić information content (AvgIpc) is 2.67. The van der Waals surface area contributed by atoms with Crippen LogP contribution in [0.15, 0.2) is 59.8 Å². The van der Waals surface area contributed by atoms with Gasteiger partial charge in [0.1, 0.15) is 12.9 Å². The van der Waals surface area contributed by atoms with E-state index in [0.29, 0.717) is 11.1 Å². The minimum absolute atomic E-state index is 0.0278. The Morgan fingerprint density at radius 3 is 2.18 bits per heavy atom. The summed E-state index contributed by atoms with van der Waals surface area (Å²) in [4.78, 5) is 8.37. The Labute approximate surface area is 164 Å². The molecular weight excluding hydrogens is 378 g/mol. The molecule has 0 spiro atoms. The van der Waals surface area contributed by atoms with Crippen molar-refractivity contribution in [1.29, 1.82) is 0 Å². The molecule has 1 heterocycles. The van der Waals surface area contributed by atoms with Crippen molar-refractivity contribution < 1.29 is 18.3 Å². The number of aliphatic hydroxyl groups excluding tert-OH is 1. The fourth-order valence-corrected chi connectivity index (χ4v) is 3.60. The third kappa shape index (κ3) is 4.47. The molecule has 146 valence electrons. The Bertz CT molecular complexity index is 1050. The van der Waals surface area contributed by atoms with Crippen molar-refractivity contribution in [3.63, 3.8) is 0 Å². The maximum absolute atomic E-state index is 12.8. The molecule has 2 N–H and O–H groups in total. The standard InChI is InChI=1S/C20H21N3O4S/c1-14-3-7-16(8-4-14)18-19(21-13-22-20(18)27-12-11-24)23-28(25,26)17-9-5-15(2)6-10-17/h3-10,13,24H,11-12H2,1-2H3,(H,21,22,23). The average molecular weight is 399 g/mol. The van der Waals surface area contributed by atoms with Gasteiger partial charge in [-0.3, -0.25) is 4.72 Å². The van der Waals surface area contributed by atoms with Gasteiger partial charge in [-0.2, -0.15) is 0 Å². The van der Waals surface area contributed by atoms with Crippen molar-refractivity contribution in [2.75, 3.05) is 17.9 Å². The fraction of sp³-hybridized carbons (Fsp3) is 0.200. The number of aliphatic hydroxyl groups is 1. The van der Waals surface area contributed by atoms with E-state index in [1.807, 2.05) is 38.1 Å². The monoisotopic (exact) mass is 399 g/mol. The lowest BCUT2D eigenvalue weighted by atomic mass is 10.1. The highest BCUT2D eigenvalue weighted by Gasteiger charge is 2.21. The molecule has 8 heteroatoms. The molecule has 0 aliphatic heterocycles. The predicted octanol–water partition coefficient (Wildman–Crippen LogP) is 2.93. The van der Waals surface area contributed by atoms with Gasteiger partial charge in [0.2, 0.25) is 5.88 Å². The molecule has 2 aromatic carbocycles. The van der Waals surface area contributed by atoms with Gasteiger partial charge in [0, 0.05) is 0 Å². The van der Waals surface area contributed by atoms with Crippen molar-refractivity contribution in [3.8, 4) is 17.0 Å². The van der Waals surface area contributed by atoms with Gasteiger partial charge in [-0.15, -0.1) is 0 Å². The molecule has 0 unspecified atom stereocenters. The number of aryl methyl sites for hydroxylation is 2. The Morgan fingerprint density at radius 1 is 0.964 bits per heavy atom. The van der Waals surface area contributed by atoms with Crippen molar-refractivity contribution in [3.05, 3.63) is 66.0 Å². The molecule has 0 saturated carbocycles. The fourth-order valence-electron chi connectivity index (χ4n) is 2.58. The second kappa shape index (κ2) is 8.37. The molecule has 0 amide bonds. The number of nitrogens with one attached hydrogen (secondary N) is 1. The van der Waals surface area contributed by atoms with Crippen LogP contribution in [-0.2, 0) is 10.0 Å². The molecule has 0 bridgehead atoms. The van der Waals surface area contributed by atoms with Crippen LogP contribution in [0.25, 0.3) is 11.1 Å². The first-order valence-electron chi connectivity index (χ1n) is 8.66. The molecule has 3 rings (SSSR count). The van der Waals surface area contributed by atoms with Crippen LogP contribution < -0.4 is 9.46 Å². The van der Waals surface area contributed by atoms with E-state index < -0.39 is 10.0 Å². The summed E-state index contributed by atoms with van der Waals surface area (Å²) in [6.07, 6.45) is 1.22. The van der Waals surface area contributed by atoms with Crippen molar-refractivity contribution in [2.24, 2.45) is 0 Å². The molecule has 7 nitrogen and oxygen atoms in total. The quantitative estimate of drug-likeness (QED) is 0.633. The summed E-state index contributed by atoms with van der Waals surface area (Å²) >= 11 is 0. The lowest BCUT2D eigenvalue weighted by Gasteiger charge is -2.15. The summed E-state index contributed by atoms with van der Waals surface area (Å²) in [7, 11) is -3.85. The van der Waals surface area contributed by atoms with E-state index in [-0.39, 0.29) is 29.8 Å². The predicted molar refractivity (Wildman–Crippen MR) is 107 cm³/mol.